The molecule has 2 aromatic heterocycles. The smallest absolute Gasteiger partial charge is 0.187 e. The number of hydrogen-bond donors (Lipinski definition) is 0. The third-order valence-electron chi connectivity index (χ3n) is 11.4. The summed E-state index contributed by atoms with van der Waals surface area (Å²) in [7, 11) is 0. The van der Waals surface area contributed by atoms with E-state index in [2.05, 4.69) is 114 Å². The summed E-state index contributed by atoms with van der Waals surface area (Å²) in [5.41, 5.74) is 10.9. The van der Waals surface area contributed by atoms with Crippen molar-refractivity contribution >= 4 is 48.9 Å². The first-order valence-corrected chi connectivity index (χ1v) is 19.9. The van der Waals surface area contributed by atoms with E-state index >= 15 is 0 Å². The predicted molar refractivity (Wildman–Crippen MR) is 247 cm³/mol. The van der Waals surface area contributed by atoms with Gasteiger partial charge in [0.2, 0.25) is 0 Å². The van der Waals surface area contributed by atoms with Gasteiger partial charge in [-0.1, -0.05) is 164 Å². The average molecular weight is 764 g/mol. The Morgan fingerprint density at radius 2 is 0.800 bits per heavy atom. The van der Waals surface area contributed by atoms with Gasteiger partial charge in [-0.15, -0.1) is 0 Å². The zero-order valence-corrected chi connectivity index (χ0v) is 32.3. The Morgan fingerprint density at radius 1 is 0.317 bits per heavy atom. The van der Waals surface area contributed by atoms with Gasteiger partial charge in [-0.2, -0.15) is 0 Å². The van der Waals surface area contributed by atoms with Crippen molar-refractivity contribution in [3.63, 3.8) is 0 Å². The van der Waals surface area contributed by atoms with Crippen molar-refractivity contribution in [2.24, 2.45) is 0 Å². The van der Waals surface area contributed by atoms with Gasteiger partial charge in [-0.05, 0) is 90.5 Å². The maximum atomic E-state index is 7.65. The number of nitrogens with zero attached hydrogens (tertiary/aromatic N) is 5. The van der Waals surface area contributed by atoms with Crippen LogP contribution < -0.4 is 0 Å². The Bertz CT molecular complexity index is 3440. The molecule has 11 rings (SSSR count). The lowest BCUT2D eigenvalue weighted by atomic mass is 9.87. The minimum Gasteiger partial charge on any atom is -0.256 e. The second kappa shape index (κ2) is 14.6. The van der Waals surface area contributed by atoms with E-state index < -0.39 is 0 Å². The number of aromatic nitrogens is 4. The SMILES string of the molecule is [C-]#[N+]c1cccc(-c2cc3c4cccnc4c(-c4ccc(-c5cccc(-c6nc(-c7ccccc7)nc(-c7ccccc7)n6)c5)c5ccccc45)cc3c3ccccc23)c1. The molecular weight excluding hydrogens is 731 g/mol. The number of benzene rings is 9. The zero-order valence-electron chi connectivity index (χ0n) is 32.3. The maximum Gasteiger partial charge on any atom is 0.187 e. The Labute approximate surface area is 346 Å². The van der Waals surface area contributed by atoms with Crippen LogP contribution >= 0.6 is 0 Å². The summed E-state index contributed by atoms with van der Waals surface area (Å²) in [5.74, 6) is 1.89. The van der Waals surface area contributed by atoms with E-state index in [1.807, 2.05) is 91.1 Å². The molecule has 0 N–H and O–H groups in total. The molecule has 0 unspecified atom stereocenters. The highest BCUT2D eigenvalue weighted by Crippen LogP contribution is 2.44. The Morgan fingerprint density at radius 3 is 1.48 bits per heavy atom. The summed E-state index contributed by atoms with van der Waals surface area (Å²) in [5, 5.41) is 7.96. The standard InChI is InChI=1S/C55H33N5/c1-56-40-22-13-20-38(32-40)48-33-50-47-27-14-30-57-52(47)51(34-49(50)45-26-11-10-25-44(45)48)46-29-28-41(42-23-8-9-24-43(42)46)37-19-12-21-39(31-37)55-59-53(35-15-4-2-5-16-35)58-54(60-55)36-17-6-3-7-18-36/h2-34H. The molecule has 0 saturated carbocycles. The molecule has 5 nitrogen and oxygen atoms in total. The molecule has 0 fully saturated rings. The largest absolute Gasteiger partial charge is 0.256 e. The Kier molecular flexibility index (Phi) is 8.46. The number of pyridine rings is 1. The second-order valence-electron chi connectivity index (χ2n) is 14.9. The van der Waals surface area contributed by atoms with Crippen LogP contribution in [0.1, 0.15) is 0 Å². The number of rotatable bonds is 6. The molecule has 0 spiro atoms. The van der Waals surface area contributed by atoms with Crippen molar-refractivity contribution in [2.75, 3.05) is 0 Å². The van der Waals surface area contributed by atoms with Crippen LogP contribution in [0, 0.1) is 6.57 Å². The fourth-order valence-electron chi connectivity index (χ4n) is 8.56. The molecule has 11 aromatic rings. The monoisotopic (exact) mass is 763 g/mol. The van der Waals surface area contributed by atoms with E-state index in [0.29, 0.717) is 23.2 Å². The first kappa shape index (κ1) is 34.9. The summed E-state index contributed by atoms with van der Waals surface area (Å²) in [4.78, 5) is 23.7. The lowest BCUT2D eigenvalue weighted by Crippen LogP contribution is -2.00. The van der Waals surface area contributed by atoms with E-state index in [1.54, 1.807) is 0 Å². The highest BCUT2D eigenvalue weighted by atomic mass is 15.0. The summed E-state index contributed by atoms with van der Waals surface area (Å²) in [6.45, 7) is 7.65. The van der Waals surface area contributed by atoms with Crippen LogP contribution in [-0.2, 0) is 0 Å². The van der Waals surface area contributed by atoms with E-state index in [9.17, 15) is 0 Å². The molecule has 0 amide bonds. The second-order valence-corrected chi connectivity index (χ2v) is 14.9. The van der Waals surface area contributed by atoms with Gasteiger partial charge < -0.3 is 0 Å². The quantitative estimate of drug-likeness (QED) is 0.125. The third kappa shape index (κ3) is 6.03. The topological polar surface area (TPSA) is 55.9 Å². The summed E-state index contributed by atoms with van der Waals surface area (Å²) < 4.78 is 0. The highest BCUT2D eigenvalue weighted by molar-refractivity contribution is 6.24. The van der Waals surface area contributed by atoms with E-state index in [4.69, 9.17) is 26.5 Å². The first-order valence-electron chi connectivity index (χ1n) is 19.9. The third-order valence-corrected chi connectivity index (χ3v) is 11.4. The summed E-state index contributed by atoms with van der Waals surface area (Å²) in [6, 6.07) is 67.0. The molecule has 0 aliphatic heterocycles. The molecule has 5 heteroatoms. The molecule has 0 saturated heterocycles. The first-order chi connectivity index (χ1) is 29.7. The molecule has 0 aliphatic carbocycles. The number of hydrogen-bond acceptors (Lipinski definition) is 4. The van der Waals surface area contributed by atoms with Crippen LogP contribution in [0.2, 0.25) is 0 Å². The molecule has 278 valence electrons. The van der Waals surface area contributed by atoms with Gasteiger partial charge in [-0.25, -0.2) is 19.8 Å². The van der Waals surface area contributed by atoms with Crippen LogP contribution in [-0.4, -0.2) is 19.9 Å². The van der Waals surface area contributed by atoms with Crippen LogP contribution in [0.4, 0.5) is 5.69 Å². The van der Waals surface area contributed by atoms with Crippen molar-refractivity contribution in [1.29, 1.82) is 0 Å². The summed E-state index contributed by atoms with van der Waals surface area (Å²) in [6.07, 6.45) is 1.88. The zero-order chi connectivity index (χ0) is 40.0. The van der Waals surface area contributed by atoms with Crippen LogP contribution in [0.15, 0.2) is 200 Å². The molecule has 0 atom stereocenters. The van der Waals surface area contributed by atoms with Gasteiger partial charge in [0.25, 0.3) is 0 Å². The molecule has 0 aliphatic rings. The van der Waals surface area contributed by atoms with Crippen molar-refractivity contribution in [2.45, 2.75) is 0 Å². The molecule has 9 aromatic carbocycles. The fraction of sp³-hybridized carbons (Fsp3) is 0. The van der Waals surface area contributed by atoms with Crippen LogP contribution in [0.25, 0.3) is 116 Å². The Balaban J connectivity index is 1.08. The molecular formula is C55H33N5. The number of fused-ring (bicyclic) bond motifs is 6. The normalized spacial score (nSPS) is 11.3. The van der Waals surface area contributed by atoms with Gasteiger partial charge in [0.05, 0.1) is 12.1 Å². The van der Waals surface area contributed by atoms with E-state index in [0.717, 1.165) is 93.3 Å². The molecule has 60 heavy (non-hydrogen) atoms. The van der Waals surface area contributed by atoms with E-state index in [1.165, 1.54) is 0 Å². The van der Waals surface area contributed by atoms with Crippen molar-refractivity contribution in [3.8, 4) is 67.5 Å². The van der Waals surface area contributed by atoms with Crippen molar-refractivity contribution < 1.29 is 0 Å². The van der Waals surface area contributed by atoms with Crippen molar-refractivity contribution in [1.82, 2.24) is 19.9 Å². The summed E-state index contributed by atoms with van der Waals surface area (Å²) >= 11 is 0. The lowest BCUT2D eigenvalue weighted by Gasteiger charge is -2.17. The molecule has 0 bridgehead atoms. The van der Waals surface area contributed by atoms with Gasteiger partial charge in [-0.3, -0.25) is 4.98 Å². The maximum absolute atomic E-state index is 7.65. The van der Waals surface area contributed by atoms with Gasteiger partial charge in [0.1, 0.15) is 0 Å². The lowest BCUT2D eigenvalue weighted by molar-refractivity contribution is 1.07. The fourth-order valence-corrected chi connectivity index (χ4v) is 8.56. The Hall–Kier alpha value is -8.33. The van der Waals surface area contributed by atoms with Crippen molar-refractivity contribution in [3.05, 3.63) is 212 Å². The van der Waals surface area contributed by atoms with Crippen LogP contribution in [0.3, 0.4) is 0 Å². The van der Waals surface area contributed by atoms with Gasteiger partial charge in [0, 0.05) is 33.8 Å². The van der Waals surface area contributed by atoms with E-state index in [-0.39, 0.29) is 0 Å². The highest BCUT2D eigenvalue weighted by Gasteiger charge is 2.19. The van der Waals surface area contributed by atoms with Crippen LogP contribution in [0.5, 0.6) is 0 Å². The predicted octanol–water partition coefficient (Wildman–Crippen LogP) is 14.4. The minimum absolute atomic E-state index is 0.619. The molecule has 2 heterocycles. The average Bonchev–Trinajstić information content (AvgIpc) is 3.33. The van der Waals surface area contributed by atoms with Gasteiger partial charge >= 0.3 is 0 Å². The van der Waals surface area contributed by atoms with Gasteiger partial charge in [0.15, 0.2) is 23.2 Å². The minimum atomic E-state index is 0.619. The molecule has 0 radical (unpaired) electrons.